The van der Waals surface area contributed by atoms with Crippen LogP contribution in [0.5, 0.6) is 0 Å². The Balaban J connectivity index is 2.60. The molecule has 1 aromatic rings. The first-order chi connectivity index (χ1) is 5.50. The zero-order valence-electron chi connectivity index (χ0n) is 7.44. The van der Waals surface area contributed by atoms with E-state index in [1.165, 1.54) is 11.1 Å². The van der Waals surface area contributed by atoms with E-state index >= 15 is 0 Å². The van der Waals surface area contributed by atoms with Crippen LogP contribution in [0, 0.1) is 5.41 Å². The Labute approximate surface area is 71.1 Å². The van der Waals surface area contributed by atoms with Crippen molar-refractivity contribution in [1.29, 1.82) is 0 Å². The van der Waals surface area contributed by atoms with E-state index in [4.69, 9.17) is 4.84 Å². The summed E-state index contributed by atoms with van der Waals surface area (Å²) in [7, 11) is 0. The topological polar surface area (TPSA) is 44.1 Å². The second kappa shape index (κ2) is 2.97. The minimum absolute atomic E-state index is 0.277. The number of imidazole rings is 1. The van der Waals surface area contributed by atoms with Crippen LogP contribution >= 0.6 is 0 Å². The molecule has 0 atom stereocenters. The first kappa shape index (κ1) is 8.77. The van der Waals surface area contributed by atoms with E-state index in [1.54, 1.807) is 33.2 Å². The summed E-state index contributed by atoms with van der Waals surface area (Å²) in [6.07, 6.45) is 4.56. The van der Waals surface area contributed by atoms with Gasteiger partial charge in [0.15, 0.2) is 0 Å². The number of hydrogen-bond acceptors (Lipinski definition) is 3. The number of carbonyl (C=O) groups is 1. The Bertz CT molecular complexity index is 259. The standard InChI is InChI=1S/C8H12N2O2/c1-8(2,3)7(11)12-10-5-4-9-6-10/h4-6H,1-3H3. The first-order valence-corrected chi connectivity index (χ1v) is 3.71. The Morgan fingerprint density at radius 3 is 2.58 bits per heavy atom. The molecule has 4 heteroatoms. The molecule has 0 aromatic carbocycles. The van der Waals surface area contributed by atoms with Crippen molar-refractivity contribution in [3.63, 3.8) is 0 Å². The van der Waals surface area contributed by atoms with Crippen molar-refractivity contribution in [1.82, 2.24) is 9.71 Å². The molecule has 0 bridgehead atoms. The summed E-state index contributed by atoms with van der Waals surface area (Å²) in [6, 6.07) is 0. The molecule has 0 aliphatic carbocycles. The van der Waals surface area contributed by atoms with Gasteiger partial charge in [-0.1, -0.05) is 0 Å². The molecule has 0 unspecified atom stereocenters. The molecule has 4 nitrogen and oxygen atoms in total. The van der Waals surface area contributed by atoms with E-state index in [2.05, 4.69) is 4.98 Å². The van der Waals surface area contributed by atoms with Gasteiger partial charge >= 0.3 is 5.97 Å². The SMILES string of the molecule is CC(C)(C)C(=O)On1ccnc1. The summed E-state index contributed by atoms with van der Waals surface area (Å²) >= 11 is 0. The third-order valence-electron chi connectivity index (χ3n) is 1.28. The average molecular weight is 168 g/mol. The predicted molar refractivity (Wildman–Crippen MR) is 43.3 cm³/mol. The summed E-state index contributed by atoms with van der Waals surface area (Å²) in [5, 5.41) is 0. The fourth-order valence-corrected chi connectivity index (χ4v) is 0.534. The highest BCUT2D eigenvalue weighted by atomic mass is 16.7. The Morgan fingerprint density at radius 2 is 2.17 bits per heavy atom. The van der Waals surface area contributed by atoms with Crippen LogP contribution in [0.1, 0.15) is 20.8 Å². The van der Waals surface area contributed by atoms with E-state index in [9.17, 15) is 4.79 Å². The van der Waals surface area contributed by atoms with E-state index in [-0.39, 0.29) is 5.97 Å². The fourth-order valence-electron chi connectivity index (χ4n) is 0.534. The molecule has 0 amide bonds. The van der Waals surface area contributed by atoms with Gasteiger partial charge in [0.05, 0.1) is 11.6 Å². The fraction of sp³-hybridized carbons (Fsp3) is 0.500. The van der Waals surface area contributed by atoms with Gasteiger partial charge in [0.2, 0.25) is 0 Å². The third-order valence-corrected chi connectivity index (χ3v) is 1.28. The van der Waals surface area contributed by atoms with Gasteiger partial charge in [-0.2, -0.15) is 4.73 Å². The largest absolute Gasteiger partial charge is 0.338 e. The molecule has 0 N–H and O–H groups in total. The minimum Gasteiger partial charge on any atom is -0.335 e. The van der Waals surface area contributed by atoms with Crippen molar-refractivity contribution in [2.75, 3.05) is 0 Å². The maximum Gasteiger partial charge on any atom is 0.338 e. The zero-order valence-corrected chi connectivity index (χ0v) is 7.44. The molecule has 1 rings (SSSR count). The monoisotopic (exact) mass is 168 g/mol. The summed E-state index contributed by atoms with van der Waals surface area (Å²) in [5.41, 5.74) is -0.482. The molecule has 0 aliphatic rings. The molecule has 0 saturated heterocycles. The van der Waals surface area contributed by atoms with Crippen molar-refractivity contribution < 1.29 is 9.63 Å². The Kier molecular flexibility index (Phi) is 2.17. The van der Waals surface area contributed by atoms with Crippen molar-refractivity contribution in [3.05, 3.63) is 18.7 Å². The Hall–Kier alpha value is -1.32. The van der Waals surface area contributed by atoms with Gasteiger partial charge in [-0.05, 0) is 20.8 Å². The third kappa shape index (κ3) is 2.08. The maximum atomic E-state index is 11.3. The normalized spacial score (nSPS) is 11.2. The second-order valence-electron chi connectivity index (χ2n) is 3.55. The van der Waals surface area contributed by atoms with Crippen LogP contribution in [0.4, 0.5) is 0 Å². The second-order valence-corrected chi connectivity index (χ2v) is 3.55. The first-order valence-electron chi connectivity index (χ1n) is 3.71. The average Bonchev–Trinajstić information content (AvgIpc) is 2.37. The lowest BCUT2D eigenvalue weighted by molar-refractivity contribution is -0.153. The van der Waals surface area contributed by atoms with Crippen molar-refractivity contribution in [2.45, 2.75) is 20.8 Å². The number of rotatable bonds is 1. The zero-order chi connectivity index (χ0) is 9.19. The van der Waals surface area contributed by atoms with Gasteiger partial charge < -0.3 is 4.84 Å². The van der Waals surface area contributed by atoms with Gasteiger partial charge in [-0.15, -0.1) is 0 Å². The van der Waals surface area contributed by atoms with E-state index < -0.39 is 5.41 Å². The molecule has 0 saturated carbocycles. The lowest BCUT2D eigenvalue weighted by Crippen LogP contribution is -2.30. The van der Waals surface area contributed by atoms with Crippen LogP contribution in [0.25, 0.3) is 0 Å². The highest BCUT2D eigenvalue weighted by Gasteiger charge is 2.23. The number of carbonyl (C=O) groups excluding carboxylic acids is 1. The molecule has 0 spiro atoms. The number of aromatic nitrogens is 2. The van der Waals surface area contributed by atoms with Gasteiger partial charge in [-0.3, -0.25) is 0 Å². The van der Waals surface area contributed by atoms with Crippen molar-refractivity contribution in [3.8, 4) is 0 Å². The van der Waals surface area contributed by atoms with Crippen LogP contribution in [0.2, 0.25) is 0 Å². The molecule has 0 fully saturated rings. The molecular formula is C8H12N2O2. The summed E-state index contributed by atoms with van der Waals surface area (Å²) in [6.45, 7) is 5.39. The molecule has 0 aliphatic heterocycles. The highest BCUT2D eigenvalue weighted by molar-refractivity contribution is 5.75. The van der Waals surface area contributed by atoms with Crippen LogP contribution in [0.3, 0.4) is 0 Å². The summed E-state index contributed by atoms with van der Waals surface area (Å²) in [5.74, 6) is -0.277. The molecule has 0 radical (unpaired) electrons. The molecule has 1 heterocycles. The van der Waals surface area contributed by atoms with Crippen molar-refractivity contribution in [2.24, 2.45) is 5.41 Å². The van der Waals surface area contributed by atoms with E-state index in [0.717, 1.165) is 0 Å². The van der Waals surface area contributed by atoms with Crippen LogP contribution in [-0.4, -0.2) is 15.7 Å². The Morgan fingerprint density at radius 1 is 1.50 bits per heavy atom. The quantitative estimate of drug-likeness (QED) is 0.625. The summed E-state index contributed by atoms with van der Waals surface area (Å²) < 4.78 is 1.29. The van der Waals surface area contributed by atoms with Crippen LogP contribution < -0.4 is 4.84 Å². The molecule has 66 valence electrons. The lowest BCUT2D eigenvalue weighted by Gasteiger charge is -2.15. The predicted octanol–water partition coefficient (Wildman–Crippen LogP) is 0.884. The van der Waals surface area contributed by atoms with Crippen molar-refractivity contribution >= 4 is 5.97 Å². The minimum atomic E-state index is -0.482. The molecule has 1 aromatic heterocycles. The van der Waals surface area contributed by atoms with Crippen LogP contribution in [0.15, 0.2) is 18.7 Å². The van der Waals surface area contributed by atoms with Gasteiger partial charge in [0, 0.05) is 6.20 Å². The van der Waals surface area contributed by atoms with Gasteiger partial charge in [0.1, 0.15) is 6.33 Å². The van der Waals surface area contributed by atoms with Gasteiger partial charge in [-0.25, -0.2) is 9.78 Å². The molecular weight excluding hydrogens is 156 g/mol. The van der Waals surface area contributed by atoms with Gasteiger partial charge in [0.25, 0.3) is 0 Å². The number of nitrogens with zero attached hydrogens (tertiary/aromatic N) is 2. The molecule has 12 heavy (non-hydrogen) atoms. The summed E-state index contributed by atoms with van der Waals surface area (Å²) in [4.78, 5) is 19.9. The lowest BCUT2D eigenvalue weighted by atomic mass is 9.98. The maximum absolute atomic E-state index is 11.3. The van der Waals surface area contributed by atoms with Crippen LogP contribution in [-0.2, 0) is 4.79 Å². The van der Waals surface area contributed by atoms with E-state index in [1.807, 2.05) is 0 Å². The highest BCUT2D eigenvalue weighted by Crippen LogP contribution is 2.13. The van der Waals surface area contributed by atoms with E-state index in [0.29, 0.717) is 0 Å². The smallest absolute Gasteiger partial charge is 0.335 e. The number of hydrogen-bond donors (Lipinski definition) is 0.